The molecule has 2 rings (SSSR count). The van der Waals surface area contributed by atoms with Crippen molar-refractivity contribution in [2.24, 2.45) is 0 Å². The average molecular weight is 251 g/mol. The molecule has 0 amide bonds. The topological polar surface area (TPSA) is 40.7 Å². The molecule has 0 saturated heterocycles. The summed E-state index contributed by atoms with van der Waals surface area (Å²) in [7, 11) is 0. The fourth-order valence-corrected chi connectivity index (χ4v) is 2.24. The first-order valence-electron chi connectivity index (χ1n) is 5.10. The van der Waals surface area contributed by atoms with Crippen LogP contribution in [0.3, 0.4) is 0 Å². The number of aromatic amines is 1. The van der Waals surface area contributed by atoms with Crippen LogP contribution in [0, 0.1) is 3.95 Å². The molecule has 0 spiro atoms. The van der Waals surface area contributed by atoms with Gasteiger partial charge in [-0.15, -0.1) is 5.10 Å². The van der Waals surface area contributed by atoms with E-state index >= 15 is 0 Å². The van der Waals surface area contributed by atoms with Crippen molar-refractivity contribution in [3.63, 3.8) is 0 Å². The molecule has 1 aromatic carbocycles. The maximum Gasteiger partial charge on any atom is 0.204 e. The van der Waals surface area contributed by atoms with Gasteiger partial charge in [-0.2, -0.15) is 0 Å². The first kappa shape index (κ1) is 11.3. The Balaban J connectivity index is 1.94. The minimum Gasteiger partial charge on any atom is -0.360 e. The molecule has 2 N–H and O–H groups in total. The number of anilines is 1. The summed E-state index contributed by atoms with van der Waals surface area (Å²) in [5, 5.41) is 10.9. The van der Waals surface area contributed by atoms with Crippen molar-refractivity contribution in [2.75, 3.05) is 11.9 Å². The van der Waals surface area contributed by atoms with Crippen LogP contribution in [0.5, 0.6) is 0 Å². The van der Waals surface area contributed by atoms with Crippen molar-refractivity contribution in [3.05, 3.63) is 39.8 Å². The summed E-state index contributed by atoms with van der Waals surface area (Å²) < 4.78 is 0.704. The van der Waals surface area contributed by atoms with Gasteiger partial charge in [-0.25, -0.2) is 0 Å². The predicted octanol–water partition coefficient (Wildman–Crippen LogP) is 3.42. The van der Waals surface area contributed by atoms with E-state index in [1.807, 2.05) is 6.07 Å². The SMILES string of the molecule is CC(CNc1n[nH]c(=S)s1)c1ccccc1. The Morgan fingerprint density at radius 3 is 2.81 bits per heavy atom. The molecule has 0 aliphatic heterocycles. The van der Waals surface area contributed by atoms with Crippen molar-refractivity contribution in [3.8, 4) is 0 Å². The second kappa shape index (κ2) is 5.23. The smallest absolute Gasteiger partial charge is 0.204 e. The largest absolute Gasteiger partial charge is 0.360 e. The number of hydrogen-bond donors (Lipinski definition) is 2. The lowest BCUT2D eigenvalue weighted by Crippen LogP contribution is -2.09. The summed E-state index contributed by atoms with van der Waals surface area (Å²) in [6, 6.07) is 10.4. The van der Waals surface area contributed by atoms with Gasteiger partial charge in [0, 0.05) is 6.54 Å². The second-order valence-corrected chi connectivity index (χ2v) is 5.28. The number of benzene rings is 1. The molecule has 0 radical (unpaired) electrons. The Morgan fingerprint density at radius 2 is 2.19 bits per heavy atom. The van der Waals surface area contributed by atoms with E-state index in [1.165, 1.54) is 16.9 Å². The van der Waals surface area contributed by atoms with E-state index in [2.05, 4.69) is 46.7 Å². The molecular formula is C11H13N3S2. The zero-order valence-corrected chi connectivity index (χ0v) is 10.6. The van der Waals surface area contributed by atoms with Gasteiger partial charge in [0.05, 0.1) is 0 Å². The van der Waals surface area contributed by atoms with Crippen molar-refractivity contribution >= 4 is 28.7 Å². The van der Waals surface area contributed by atoms with Crippen LogP contribution < -0.4 is 5.32 Å². The normalized spacial score (nSPS) is 12.3. The fraction of sp³-hybridized carbons (Fsp3) is 0.273. The molecule has 0 aliphatic rings. The number of hydrogen-bond acceptors (Lipinski definition) is 4. The molecule has 2 aromatic rings. The fourth-order valence-electron chi connectivity index (χ4n) is 1.45. The van der Waals surface area contributed by atoms with Crippen LogP contribution >= 0.6 is 23.6 Å². The number of nitrogens with zero attached hydrogens (tertiary/aromatic N) is 1. The maximum atomic E-state index is 4.97. The van der Waals surface area contributed by atoms with Gasteiger partial charge in [0.15, 0.2) is 3.95 Å². The van der Waals surface area contributed by atoms with E-state index < -0.39 is 0 Å². The van der Waals surface area contributed by atoms with Gasteiger partial charge in [-0.3, -0.25) is 5.10 Å². The second-order valence-electron chi connectivity index (χ2n) is 3.61. The first-order chi connectivity index (χ1) is 7.75. The van der Waals surface area contributed by atoms with Crippen molar-refractivity contribution in [2.45, 2.75) is 12.8 Å². The van der Waals surface area contributed by atoms with Gasteiger partial charge in [0.25, 0.3) is 0 Å². The Labute approximate surface area is 104 Å². The Hall–Kier alpha value is -1.20. The zero-order chi connectivity index (χ0) is 11.4. The highest BCUT2D eigenvalue weighted by Gasteiger charge is 2.05. The molecule has 16 heavy (non-hydrogen) atoms. The van der Waals surface area contributed by atoms with E-state index in [1.54, 1.807) is 0 Å². The molecule has 0 fully saturated rings. The van der Waals surface area contributed by atoms with Gasteiger partial charge in [-0.1, -0.05) is 48.6 Å². The van der Waals surface area contributed by atoms with Crippen LogP contribution in [0.15, 0.2) is 30.3 Å². The van der Waals surface area contributed by atoms with E-state index in [4.69, 9.17) is 12.2 Å². The number of nitrogens with one attached hydrogen (secondary N) is 2. The third-order valence-corrected chi connectivity index (χ3v) is 3.41. The van der Waals surface area contributed by atoms with Crippen LogP contribution in [0.4, 0.5) is 5.13 Å². The summed E-state index contributed by atoms with van der Waals surface area (Å²) in [5.41, 5.74) is 1.33. The lowest BCUT2D eigenvalue weighted by Gasteiger charge is -2.11. The van der Waals surface area contributed by atoms with Crippen LogP contribution in [0.1, 0.15) is 18.4 Å². The number of H-pyrrole nitrogens is 1. The van der Waals surface area contributed by atoms with E-state index in [-0.39, 0.29) is 0 Å². The molecular weight excluding hydrogens is 238 g/mol. The first-order valence-corrected chi connectivity index (χ1v) is 6.32. The third-order valence-electron chi connectivity index (χ3n) is 2.37. The molecule has 0 saturated carbocycles. The third kappa shape index (κ3) is 2.90. The van der Waals surface area contributed by atoms with Crippen LogP contribution in [-0.4, -0.2) is 16.7 Å². The Kier molecular flexibility index (Phi) is 3.69. The number of aromatic nitrogens is 2. The lowest BCUT2D eigenvalue weighted by atomic mass is 10.0. The quantitative estimate of drug-likeness (QED) is 0.818. The molecule has 84 valence electrons. The van der Waals surface area contributed by atoms with Crippen LogP contribution in [0.2, 0.25) is 0 Å². The van der Waals surface area contributed by atoms with Crippen LogP contribution in [0.25, 0.3) is 0 Å². The molecule has 1 atom stereocenters. The van der Waals surface area contributed by atoms with Gasteiger partial charge in [0.2, 0.25) is 5.13 Å². The van der Waals surface area contributed by atoms with Crippen molar-refractivity contribution in [1.82, 2.24) is 10.2 Å². The van der Waals surface area contributed by atoms with Crippen molar-refractivity contribution < 1.29 is 0 Å². The summed E-state index contributed by atoms with van der Waals surface area (Å²) in [6.45, 7) is 3.05. The zero-order valence-electron chi connectivity index (χ0n) is 8.93. The van der Waals surface area contributed by atoms with Gasteiger partial charge >= 0.3 is 0 Å². The highest BCUT2D eigenvalue weighted by molar-refractivity contribution is 7.73. The molecule has 1 unspecified atom stereocenters. The van der Waals surface area contributed by atoms with E-state index in [9.17, 15) is 0 Å². The molecule has 0 bridgehead atoms. The molecule has 1 heterocycles. The molecule has 3 nitrogen and oxygen atoms in total. The van der Waals surface area contributed by atoms with Gasteiger partial charge < -0.3 is 5.32 Å². The summed E-state index contributed by atoms with van der Waals surface area (Å²) in [4.78, 5) is 0. The lowest BCUT2D eigenvalue weighted by molar-refractivity contribution is 0.802. The van der Waals surface area contributed by atoms with Gasteiger partial charge in [0.1, 0.15) is 0 Å². The average Bonchev–Trinajstić information content (AvgIpc) is 2.73. The van der Waals surface area contributed by atoms with Crippen LogP contribution in [-0.2, 0) is 0 Å². The maximum absolute atomic E-state index is 4.97. The monoisotopic (exact) mass is 251 g/mol. The highest BCUT2D eigenvalue weighted by Crippen LogP contribution is 2.17. The highest BCUT2D eigenvalue weighted by atomic mass is 32.1. The summed E-state index contributed by atoms with van der Waals surface area (Å²) in [5.74, 6) is 0.457. The Bertz CT molecular complexity index is 489. The van der Waals surface area contributed by atoms with Crippen molar-refractivity contribution in [1.29, 1.82) is 0 Å². The summed E-state index contributed by atoms with van der Waals surface area (Å²) >= 11 is 6.43. The molecule has 0 aliphatic carbocycles. The summed E-state index contributed by atoms with van der Waals surface area (Å²) in [6.07, 6.45) is 0. The van der Waals surface area contributed by atoms with Gasteiger partial charge in [-0.05, 0) is 23.7 Å². The minimum atomic E-state index is 0.457. The Morgan fingerprint density at radius 1 is 1.44 bits per heavy atom. The molecule has 1 aromatic heterocycles. The minimum absolute atomic E-state index is 0.457. The van der Waals surface area contributed by atoms with E-state index in [0.717, 1.165) is 11.7 Å². The predicted molar refractivity (Wildman–Crippen MR) is 70.6 cm³/mol. The standard InChI is InChI=1S/C11H13N3S2/c1-8(9-5-3-2-4-6-9)7-12-10-13-14-11(15)16-10/h2-6,8H,7H2,1H3,(H,12,13)(H,14,15). The molecule has 5 heteroatoms. The number of rotatable bonds is 4. The van der Waals surface area contributed by atoms with E-state index in [0.29, 0.717) is 9.87 Å².